The molecule has 6 aromatic rings. The van der Waals surface area contributed by atoms with Gasteiger partial charge < -0.3 is 28.4 Å². The number of ether oxygens (including phenoxy) is 6. The third-order valence-electron chi connectivity index (χ3n) is 7.31. The number of hydrogen-bond acceptors (Lipinski definition) is 18. The maximum atomic E-state index is 12.7. The van der Waals surface area contributed by atoms with Crippen LogP contribution in [0.5, 0.6) is 11.5 Å². The molecule has 0 spiro atoms. The first-order valence-electron chi connectivity index (χ1n) is 15.4. The summed E-state index contributed by atoms with van der Waals surface area (Å²) in [4.78, 5) is 51.2. The van der Waals surface area contributed by atoms with Gasteiger partial charge in [0.1, 0.15) is 11.5 Å². The summed E-state index contributed by atoms with van der Waals surface area (Å²) in [6.45, 7) is 4.53. The minimum absolute atomic E-state index is 0.0970. The van der Waals surface area contributed by atoms with Gasteiger partial charge >= 0.3 is 23.9 Å². The molecule has 0 amide bonds. The molecule has 0 saturated carbocycles. The number of hydrogen-bond donors (Lipinski definition) is 0. The fourth-order valence-electron chi connectivity index (χ4n) is 5.19. The van der Waals surface area contributed by atoms with Gasteiger partial charge in [-0.3, -0.25) is 19.2 Å². The molecular formula is C32H30N8O10S2. The average Bonchev–Trinajstić information content (AvgIpc) is 3.89. The molecule has 0 fully saturated rings. The predicted molar refractivity (Wildman–Crippen MR) is 181 cm³/mol. The van der Waals surface area contributed by atoms with Crippen LogP contribution in [-0.2, 0) is 38.1 Å². The van der Waals surface area contributed by atoms with Crippen LogP contribution in [0, 0.1) is 0 Å². The Morgan fingerprint density at radius 1 is 0.538 bits per heavy atom. The van der Waals surface area contributed by atoms with Crippen molar-refractivity contribution in [2.75, 3.05) is 14.2 Å². The van der Waals surface area contributed by atoms with E-state index in [1.807, 2.05) is 0 Å². The second kappa shape index (κ2) is 15.1. The van der Waals surface area contributed by atoms with E-state index in [0.29, 0.717) is 44.2 Å². The van der Waals surface area contributed by atoms with Crippen molar-refractivity contribution in [3.8, 4) is 34.3 Å². The lowest BCUT2D eigenvalue weighted by Gasteiger charge is -2.33. The van der Waals surface area contributed by atoms with E-state index in [9.17, 15) is 19.2 Å². The van der Waals surface area contributed by atoms with Crippen LogP contribution >= 0.6 is 22.7 Å². The Balaban J connectivity index is 1.46. The van der Waals surface area contributed by atoms with E-state index < -0.39 is 48.3 Å². The minimum atomic E-state index is -1.63. The van der Waals surface area contributed by atoms with Crippen LogP contribution in [0.3, 0.4) is 0 Å². The molecule has 0 unspecified atom stereocenters. The van der Waals surface area contributed by atoms with Crippen LogP contribution in [0.1, 0.15) is 49.9 Å². The molecular weight excluding hydrogens is 721 g/mol. The monoisotopic (exact) mass is 750 g/mol. The summed E-state index contributed by atoms with van der Waals surface area (Å²) in [6.07, 6.45) is -6.25. The molecule has 0 aliphatic carbocycles. The number of esters is 4. The predicted octanol–water partition coefficient (Wildman–Crippen LogP) is 3.81. The number of nitrogens with zero attached hydrogens (tertiary/aromatic N) is 8. The van der Waals surface area contributed by atoms with Gasteiger partial charge in [-0.1, -0.05) is 22.7 Å². The molecule has 0 bridgehead atoms. The zero-order valence-electron chi connectivity index (χ0n) is 28.4. The van der Waals surface area contributed by atoms with Crippen LogP contribution in [0.25, 0.3) is 32.7 Å². The number of rotatable bonds is 13. The SMILES string of the molecule is COc1ccc(-c2nnc3sc([C@@H](OC(C)=O)[C@H](OC(C)=O)[C@H](OC(C)=O)[C@@H](OC(C)=O)c4nn5c(-c6ccc(OC)cc6)nnc5s4)nn23)cc1. The zero-order valence-corrected chi connectivity index (χ0v) is 30.0. The van der Waals surface area contributed by atoms with E-state index in [1.54, 1.807) is 62.8 Å². The molecule has 4 heterocycles. The number of benzene rings is 2. The third kappa shape index (κ3) is 7.51. The van der Waals surface area contributed by atoms with Gasteiger partial charge in [0.15, 0.2) is 46.1 Å². The van der Waals surface area contributed by atoms with Gasteiger partial charge in [0, 0.05) is 38.8 Å². The summed E-state index contributed by atoms with van der Waals surface area (Å²) in [5.74, 6) is -1.26. The van der Waals surface area contributed by atoms with Crippen molar-refractivity contribution in [3.63, 3.8) is 0 Å². The summed E-state index contributed by atoms with van der Waals surface area (Å²) >= 11 is 1.97. The molecule has 4 atom stereocenters. The fraction of sp³-hybridized carbons (Fsp3) is 0.312. The highest BCUT2D eigenvalue weighted by Crippen LogP contribution is 2.39. The molecule has 0 aliphatic heterocycles. The van der Waals surface area contributed by atoms with Crippen LogP contribution in [-0.4, -0.2) is 89.9 Å². The number of methoxy groups -OCH3 is 2. The van der Waals surface area contributed by atoms with Crippen molar-refractivity contribution in [3.05, 3.63) is 58.5 Å². The topological polar surface area (TPSA) is 210 Å². The lowest BCUT2D eigenvalue weighted by molar-refractivity contribution is -0.200. The smallest absolute Gasteiger partial charge is 0.303 e. The number of fused-ring (bicyclic) bond motifs is 2. The summed E-state index contributed by atoms with van der Waals surface area (Å²) < 4.78 is 36.3. The fourth-order valence-corrected chi connectivity index (χ4v) is 7.00. The van der Waals surface area contributed by atoms with Crippen LogP contribution in [0.15, 0.2) is 48.5 Å². The largest absolute Gasteiger partial charge is 0.497 e. The summed E-state index contributed by atoms with van der Waals surface area (Å²) in [5.41, 5.74) is 1.30. The van der Waals surface area contributed by atoms with Gasteiger partial charge in [-0.25, -0.2) is 0 Å². The van der Waals surface area contributed by atoms with Crippen molar-refractivity contribution in [2.45, 2.75) is 52.1 Å². The molecule has 18 nitrogen and oxygen atoms in total. The average molecular weight is 751 g/mol. The molecule has 6 rings (SSSR count). The van der Waals surface area contributed by atoms with E-state index in [1.165, 1.54) is 9.03 Å². The van der Waals surface area contributed by atoms with E-state index in [4.69, 9.17) is 28.4 Å². The standard InChI is InChI=1S/C32H30N8O10S2/c1-15(41)47-23(25(49-17(3)43)29-37-39-27(33-35-31(39)51-29)19-7-11-21(45-5)12-8-19)24(48-16(2)42)26(50-18(4)44)30-38-40-28(34-36-32(40)52-30)20-9-13-22(46-6)14-10-20/h7-14,23-26H,1-6H3/t23-,24+,25+,26-. The Kier molecular flexibility index (Phi) is 10.4. The van der Waals surface area contributed by atoms with Gasteiger partial charge in [0.2, 0.25) is 9.92 Å². The molecule has 0 aliphatic rings. The molecule has 4 aromatic heterocycles. The van der Waals surface area contributed by atoms with Gasteiger partial charge in [-0.05, 0) is 48.5 Å². The maximum Gasteiger partial charge on any atom is 0.303 e. The molecule has 20 heteroatoms. The second-order valence-corrected chi connectivity index (χ2v) is 13.0. The maximum absolute atomic E-state index is 12.7. The van der Waals surface area contributed by atoms with Crippen LogP contribution < -0.4 is 9.47 Å². The first-order valence-corrected chi connectivity index (χ1v) is 17.0. The van der Waals surface area contributed by atoms with Crippen molar-refractivity contribution >= 4 is 56.5 Å². The number of carbonyl (C=O) groups is 4. The van der Waals surface area contributed by atoms with Gasteiger partial charge in [0.05, 0.1) is 14.2 Å². The highest BCUT2D eigenvalue weighted by molar-refractivity contribution is 7.17. The van der Waals surface area contributed by atoms with Crippen molar-refractivity contribution < 1.29 is 47.6 Å². The van der Waals surface area contributed by atoms with E-state index in [-0.39, 0.29) is 10.0 Å². The van der Waals surface area contributed by atoms with Crippen molar-refractivity contribution in [1.29, 1.82) is 0 Å². The first-order chi connectivity index (χ1) is 24.9. The lowest BCUT2D eigenvalue weighted by Crippen LogP contribution is -2.45. The Hall–Kier alpha value is -6.02. The van der Waals surface area contributed by atoms with Crippen molar-refractivity contribution in [2.24, 2.45) is 0 Å². The number of carbonyl (C=O) groups excluding carboxylic acids is 4. The van der Waals surface area contributed by atoms with Crippen LogP contribution in [0.2, 0.25) is 0 Å². The van der Waals surface area contributed by atoms with E-state index in [0.717, 1.165) is 50.4 Å². The molecule has 2 aromatic carbocycles. The lowest BCUT2D eigenvalue weighted by atomic mass is 10.0. The van der Waals surface area contributed by atoms with Gasteiger partial charge in [-0.15, -0.1) is 20.4 Å². The Labute approximate surface area is 302 Å². The molecule has 0 radical (unpaired) electrons. The summed E-state index contributed by atoms with van der Waals surface area (Å²) in [7, 11) is 3.09. The Bertz CT molecular complexity index is 2090. The third-order valence-corrected chi connectivity index (χ3v) is 9.23. The number of aromatic nitrogens is 8. The first kappa shape index (κ1) is 35.8. The minimum Gasteiger partial charge on any atom is -0.497 e. The highest BCUT2D eigenvalue weighted by atomic mass is 32.1. The normalized spacial score (nSPS) is 13.6. The Morgan fingerprint density at radius 3 is 1.19 bits per heavy atom. The molecule has 270 valence electrons. The molecule has 52 heavy (non-hydrogen) atoms. The van der Waals surface area contributed by atoms with E-state index in [2.05, 4.69) is 30.6 Å². The quantitative estimate of drug-likeness (QED) is 0.121. The summed E-state index contributed by atoms with van der Waals surface area (Å²) in [5, 5.41) is 26.4. The van der Waals surface area contributed by atoms with Crippen molar-refractivity contribution in [1.82, 2.24) is 39.6 Å². The molecule has 0 N–H and O–H groups in total. The second-order valence-electron chi connectivity index (χ2n) is 11.0. The molecule has 0 saturated heterocycles. The summed E-state index contributed by atoms with van der Waals surface area (Å²) in [6, 6.07) is 14.0. The van der Waals surface area contributed by atoms with Crippen LogP contribution in [0.4, 0.5) is 0 Å². The van der Waals surface area contributed by atoms with E-state index >= 15 is 0 Å². The van der Waals surface area contributed by atoms with Gasteiger partial charge in [-0.2, -0.15) is 19.2 Å². The van der Waals surface area contributed by atoms with Gasteiger partial charge in [0.25, 0.3) is 0 Å². The highest BCUT2D eigenvalue weighted by Gasteiger charge is 2.47. The Morgan fingerprint density at radius 2 is 0.885 bits per heavy atom. The zero-order chi connectivity index (χ0) is 37.1.